The molecule has 0 saturated carbocycles. The molecule has 78 valence electrons. The molecule has 16 heavy (non-hydrogen) atoms. The third-order valence-electron chi connectivity index (χ3n) is 2.30. The van der Waals surface area contributed by atoms with Gasteiger partial charge in [-0.25, -0.2) is 9.97 Å². The van der Waals surface area contributed by atoms with E-state index in [0.717, 1.165) is 0 Å². The lowest BCUT2D eigenvalue weighted by atomic mass is 10.2. The van der Waals surface area contributed by atoms with Crippen LogP contribution in [0.3, 0.4) is 0 Å². The predicted octanol–water partition coefficient (Wildman–Crippen LogP) is 2.60. The van der Waals surface area contributed by atoms with Gasteiger partial charge in [0.25, 0.3) is 0 Å². The standard InChI is InChI=1S/C12H8N2O2/c15-10-6-2-1-4-8(10)11-14-9-5-3-7-13-12(9)16-11/h1-7,15H. The lowest BCUT2D eigenvalue weighted by Gasteiger charge is -1.97. The quantitative estimate of drug-likeness (QED) is 0.673. The van der Waals surface area contributed by atoms with Gasteiger partial charge in [0.1, 0.15) is 11.3 Å². The summed E-state index contributed by atoms with van der Waals surface area (Å²) in [6.45, 7) is 0. The van der Waals surface area contributed by atoms with E-state index in [1.165, 1.54) is 0 Å². The molecule has 0 spiro atoms. The molecule has 0 atom stereocenters. The number of aromatic hydroxyl groups is 1. The Kier molecular flexibility index (Phi) is 1.86. The fourth-order valence-electron chi connectivity index (χ4n) is 1.54. The number of hydrogen-bond donors (Lipinski definition) is 1. The molecule has 0 unspecified atom stereocenters. The minimum Gasteiger partial charge on any atom is -0.507 e. The smallest absolute Gasteiger partial charge is 0.247 e. The van der Waals surface area contributed by atoms with Crippen LogP contribution in [0.4, 0.5) is 0 Å². The van der Waals surface area contributed by atoms with Gasteiger partial charge in [0.15, 0.2) is 0 Å². The van der Waals surface area contributed by atoms with Gasteiger partial charge in [0, 0.05) is 6.20 Å². The molecule has 3 rings (SSSR count). The molecule has 1 N–H and O–H groups in total. The Labute approximate surface area is 91.2 Å². The van der Waals surface area contributed by atoms with Crippen LogP contribution in [0.1, 0.15) is 0 Å². The molecule has 0 aliphatic heterocycles. The molecule has 0 amide bonds. The zero-order chi connectivity index (χ0) is 11.0. The van der Waals surface area contributed by atoms with Gasteiger partial charge in [0.2, 0.25) is 11.6 Å². The Balaban J connectivity index is 2.23. The molecule has 0 aliphatic rings. The lowest BCUT2D eigenvalue weighted by Crippen LogP contribution is -1.77. The van der Waals surface area contributed by atoms with Crippen molar-refractivity contribution in [1.82, 2.24) is 9.97 Å². The van der Waals surface area contributed by atoms with E-state index < -0.39 is 0 Å². The Morgan fingerprint density at radius 2 is 1.94 bits per heavy atom. The summed E-state index contributed by atoms with van der Waals surface area (Å²) >= 11 is 0. The minimum absolute atomic E-state index is 0.147. The second-order valence-electron chi connectivity index (χ2n) is 3.36. The first-order valence-electron chi connectivity index (χ1n) is 4.84. The van der Waals surface area contributed by atoms with E-state index in [-0.39, 0.29) is 5.75 Å². The van der Waals surface area contributed by atoms with Gasteiger partial charge in [-0.05, 0) is 24.3 Å². The molecule has 0 saturated heterocycles. The van der Waals surface area contributed by atoms with Gasteiger partial charge >= 0.3 is 0 Å². The summed E-state index contributed by atoms with van der Waals surface area (Å²) in [6, 6.07) is 10.5. The summed E-state index contributed by atoms with van der Waals surface area (Å²) in [4.78, 5) is 8.30. The molecular weight excluding hydrogens is 204 g/mol. The Morgan fingerprint density at radius 3 is 2.75 bits per heavy atom. The fraction of sp³-hybridized carbons (Fsp3) is 0. The van der Waals surface area contributed by atoms with Crippen LogP contribution in [0, 0.1) is 0 Å². The van der Waals surface area contributed by atoms with Crippen molar-refractivity contribution in [1.29, 1.82) is 0 Å². The van der Waals surface area contributed by atoms with E-state index in [0.29, 0.717) is 22.7 Å². The maximum absolute atomic E-state index is 9.67. The summed E-state index contributed by atoms with van der Waals surface area (Å²) in [5.74, 6) is 0.529. The second-order valence-corrected chi connectivity index (χ2v) is 3.36. The molecule has 4 heteroatoms. The largest absolute Gasteiger partial charge is 0.507 e. The van der Waals surface area contributed by atoms with Crippen molar-refractivity contribution in [2.75, 3.05) is 0 Å². The van der Waals surface area contributed by atoms with Crippen LogP contribution in [0.5, 0.6) is 5.75 Å². The molecular formula is C12H8N2O2. The van der Waals surface area contributed by atoms with Crippen molar-refractivity contribution in [3.8, 4) is 17.2 Å². The molecule has 3 aromatic rings. The number of para-hydroxylation sites is 1. The van der Waals surface area contributed by atoms with E-state index in [2.05, 4.69) is 9.97 Å². The number of phenolic OH excluding ortho intramolecular Hbond substituents is 1. The highest BCUT2D eigenvalue weighted by Gasteiger charge is 2.11. The predicted molar refractivity (Wildman–Crippen MR) is 58.9 cm³/mol. The highest BCUT2D eigenvalue weighted by molar-refractivity contribution is 5.74. The molecule has 0 fully saturated rings. The average molecular weight is 212 g/mol. The Morgan fingerprint density at radius 1 is 1.06 bits per heavy atom. The topological polar surface area (TPSA) is 59.2 Å². The molecule has 2 aromatic heterocycles. The lowest BCUT2D eigenvalue weighted by molar-refractivity contribution is 0.474. The zero-order valence-corrected chi connectivity index (χ0v) is 8.29. The number of benzene rings is 1. The van der Waals surface area contributed by atoms with Crippen LogP contribution in [-0.2, 0) is 0 Å². The van der Waals surface area contributed by atoms with E-state index in [1.807, 2.05) is 12.1 Å². The maximum Gasteiger partial charge on any atom is 0.247 e. The molecule has 0 radical (unpaired) electrons. The first-order chi connectivity index (χ1) is 7.84. The average Bonchev–Trinajstić information content (AvgIpc) is 2.73. The number of rotatable bonds is 1. The van der Waals surface area contributed by atoms with Crippen LogP contribution >= 0.6 is 0 Å². The third-order valence-corrected chi connectivity index (χ3v) is 2.30. The highest BCUT2D eigenvalue weighted by Crippen LogP contribution is 2.29. The van der Waals surface area contributed by atoms with Gasteiger partial charge in [-0.1, -0.05) is 12.1 Å². The van der Waals surface area contributed by atoms with Gasteiger partial charge in [0.05, 0.1) is 5.56 Å². The first-order valence-corrected chi connectivity index (χ1v) is 4.84. The summed E-state index contributed by atoms with van der Waals surface area (Å²) < 4.78 is 5.45. The fourth-order valence-corrected chi connectivity index (χ4v) is 1.54. The minimum atomic E-state index is 0.147. The van der Waals surface area contributed by atoms with E-state index in [4.69, 9.17) is 4.42 Å². The van der Waals surface area contributed by atoms with Crippen molar-refractivity contribution in [2.24, 2.45) is 0 Å². The number of oxazole rings is 1. The third kappa shape index (κ3) is 1.32. The van der Waals surface area contributed by atoms with Crippen molar-refractivity contribution < 1.29 is 9.52 Å². The summed E-state index contributed by atoms with van der Waals surface area (Å²) in [5, 5.41) is 9.67. The maximum atomic E-state index is 9.67. The van der Waals surface area contributed by atoms with Crippen LogP contribution < -0.4 is 0 Å². The number of nitrogens with zero attached hydrogens (tertiary/aromatic N) is 2. The normalized spacial score (nSPS) is 10.8. The second kappa shape index (κ2) is 3.34. The van der Waals surface area contributed by atoms with Crippen LogP contribution in [-0.4, -0.2) is 15.1 Å². The molecule has 0 bridgehead atoms. The van der Waals surface area contributed by atoms with Crippen LogP contribution in [0.15, 0.2) is 47.0 Å². The first kappa shape index (κ1) is 8.91. The monoisotopic (exact) mass is 212 g/mol. The van der Waals surface area contributed by atoms with Gasteiger partial charge in [-0.3, -0.25) is 0 Å². The van der Waals surface area contributed by atoms with E-state index in [1.54, 1.807) is 30.5 Å². The molecule has 4 nitrogen and oxygen atoms in total. The van der Waals surface area contributed by atoms with Crippen molar-refractivity contribution in [3.63, 3.8) is 0 Å². The SMILES string of the molecule is Oc1ccccc1-c1nc2cccnc2o1. The summed E-state index contributed by atoms with van der Waals surface area (Å²) in [5.41, 5.74) is 1.72. The Bertz CT molecular complexity index is 613. The number of phenols is 1. The van der Waals surface area contributed by atoms with Crippen molar-refractivity contribution >= 4 is 11.2 Å². The van der Waals surface area contributed by atoms with Crippen molar-refractivity contribution in [3.05, 3.63) is 42.6 Å². The van der Waals surface area contributed by atoms with Gasteiger partial charge < -0.3 is 9.52 Å². The molecule has 1 aromatic carbocycles. The summed E-state index contributed by atoms with van der Waals surface area (Å²) in [7, 11) is 0. The van der Waals surface area contributed by atoms with Crippen LogP contribution in [0.2, 0.25) is 0 Å². The zero-order valence-electron chi connectivity index (χ0n) is 8.29. The highest BCUT2D eigenvalue weighted by atomic mass is 16.4. The molecule has 2 heterocycles. The number of hydrogen-bond acceptors (Lipinski definition) is 4. The van der Waals surface area contributed by atoms with E-state index in [9.17, 15) is 5.11 Å². The summed E-state index contributed by atoms with van der Waals surface area (Å²) in [6.07, 6.45) is 1.64. The Hall–Kier alpha value is -2.36. The number of aromatic nitrogens is 2. The molecule has 0 aliphatic carbocycles. The van der Waals surface area contributed by atoms with E-state index >= 15 is 0 Å². The van der Waals surface area contributed by atoms with Gasteiger partial charge in [-0.2, -0.15) is 0 Å². The number of fused-ring (bicyclic) bond motifs is 1. The number of pyridine rings is 1. The van der Waals surface area contributed by atoms with Crippen LogP contribution in [0.25, 0.3) is 22.7 Å². The van der Waals surface area contributed by atoms with Gasteiger partial charge in [-0.15, -0.1) is 0 Å². The van der Waals surface area contributed by atoms with Crippen molar-refractivity contribution in [2.45, 2.75) is 0 Å².